The lowest BCUT2D eigenvalue weighted by molar-refractivity contribution is -0.131. The largest absolute Gasteiger partial charge is 0.339 e. The molecule has 1 amide bonds. The Morgan fingerprint density at radius 3 is 2.72 bits per heavy atom. The molecule has 5 nitrogen and oxygen atoms in total. The van der Waals surface area contributed by atoms with Crippen molar-refractivity contribution in [2.45, 2.75) is 37.4 Å². The van der Waals surface area contributed by atoms with Crippen molar-refractivity contribution in [2.24, 2.45) is 0 Å². The van der Waals surface area contributed by atoms with Crippen molar-refractivity contribution in [3.05, 3.63) is 64.7 Å². The summed E-state index contributed by atoms with van der Waals surface area (Å²) in [5.74, 6) is -0.335. The summed E-state index contributed by atoms with van der Waals surface area (Å²) in [4.78, 5) is 32.4. The van der Waals surface area contributed by atoms with E-state index in [1.807, 2.05) is 4.90 Å². The predicted octanol–water partition coefficient (Wildman–Crippen LogP) is 4.02. The third kappa shape index (κ3) is 3.92. The van der Waals surface area contributed by atoms with E-state index in [-0.39, 0.29) is 28.9 Å². The number of halogens is 1. The van der Waals surface area contributed by atoms with Crippen LogP contribution < -0.4 is 5.56 Å². The molecule has 0 saturated carbocycles. The van der Waals surface area contributed by atoms with Crippen LogP contribution in [0.25, 0.3) is 16.6 Å². The van der Waals surface area contributed by atoms with E-state index in [2.05, 4.69) is 11.9 Å². The molecule has 150 valence electrons. The van der Waals surface area contributed by atoms with Crippen molar-refractivity contribution in [3.8, 4) is 5.69 Å². The van der Waals surface area contributed by atoms with Crippen molar-refractivity contribution in [2.75, 3.05) is 12.3 Å². The zero-order chi connectivity index (χ0) is 20.4. The number of nitrogens with zero attached hydrogens (tertiary/aromatic N) is 3. The molecule has 1 aromatic heterocycles. The summed E-state index contributed by atoms with van der Waals surface area (Å²) in [6.07, 6.45) is 3.15. The van der Waals surface area contributed by atoms with Gasteiger partial charge < -0.3 is 4.90 Å². The second kappa shape index (κ2) is 8.37. The van der Waals surface area contributed by atoms with Crippen LogP contribution in [0.15, 0.2) is 58.5 Å². The normalized spacial score (nSPS) is 16.9. The first-order chi connectivity index (χ1) is 14.1. The van der Waals surface area contributed by atoms with Gasteiger partial charge in [-0.3, -0.25) is 14.2 Å². The molecule has 0 radical (unpaired) electrons. The molecule has 0 spiro atoms. The number of aromatic nitrogens is 2. The van der Waals surface area contributed by atoms with E-state index in [1.165, 1.54) is 22.4 Å². The van der Waals surface area contributed by atoms with E-state index in [0.29, 0.717) is 16.1 Å². The molecule has 3 aromatic rings. The minimum Gasteiger partial charge on any atom is -0.339 e. The fourth-order valence-electron chi connectivity index (χ4n) is 3.73. The molecule has 2 aromatic carbocycles. The highest BCUT2D eigenvalue weighted by molar-refractivity contribution is 7.99. The fourth-order valence-corrected chi connectivity index (χ4v) is 4.62. The zero-order valence-electron chi connectivity index (χ0n) is 16.2. The number of thioether (sulfide) groups is 1. The number of carbonyl (C=O) groups is 1. The molecule has 1 saturated heterocycles. The van der Waals surface area contributed by atoms with Crippen molar-refractivity contribution in [3.63, 3.8) is 0 Å². The van der Waals surface area contributed by atoms with E-state index in [4.69, 9.17) is 0 Å². The van der Waals surface area contributed by atoms with Crippen LogP contribution in [0, 0.1) is 5.82 Å². The monoisotopic (exact) mass is 411 g/mol. The first kappa shape index (κ1) is 19.6. The number of likely N-dealkylation sites (tertiary alicyclic amines) is 1. The van der Waals surface area contributed by atoms with Crippen LogP contribution in [0.5, 0.6) is 0 Å². The quantitative estimate of drug-likeness (QED) is 0.481. The lowest BCUT2D eigenvalue weighted by atomic mass is 10.0. The third-order valence-corrected chi connectivity index (χ3v) is 6.21. The number of amides is 1. The number of hydrogen-bond donors (Lipinski definition) is 0. The van der Waals surface area contributed by atoms with Gasteiger partial charge in [0, 0.05) is 12.6 Å². The average Bonchev–Trinajstić information content (AvgIpc) is 2.73. The topological polar surface area (TPSA) is 55.2 Å². The predicted molar refractivity (Wildman–Crippen MR) is 113 cm³/mol. The van der Waals surface area contributed by atoms with Crippen molar-refractivity contribution in [1.82, 2.24) is 14.5 Å². The second-order valence-corrected chi connectivity index (χ2v) is 8.17. The number of benzene rings is 2. The van der Waals surface area contributed by atoms with Gasteiger partial charge in [0.05, 0.1) is 22.3 Å². The molecule has 0 aliphatic carbocycles. The number of hydrogen-bond acceptors (Lipinski definition) is 4. The van der Waals surface area contributed by atoms with Crippen molar-refractivity contribution < 1.29 is 9.18 Å². The number of fused-ring (bicyclic) bond motifs is 1. The maximum atomic E-state index is 14.5. The Kier molecular flexibility index (Phi) is 5.67. The molecule has 2 heterocycles. The molecule has 0 N–H and O–H groups in total. The van der Waals surface area contributed by atoms with Gasteiger partial charge in [-0.1, -0.05) is 36.0 Å². The van der Waals surface area contributed by atoms with Crippen LogP contribution >= 0.6 is 11.8 Å². The average molecular weight is 412 g/mol. The Morgan fingerprint density at radius 1 is 1.17 bits per heavy atom. The summed E-state index contributed by atoms with van der Waals surface area (Å²) in [6, 6.07) is 13.3. The molecular formula is C22H22FN3O2S. The molecule has 0 bridgehead atoms. The van der Waals surface area contributed by atoms with Gasteiger partial charge >= 0.3 is 0 Å². The smallest absolute Gasteiger partial charge is 0.266 e. The molecule has 7 heteroatoms. The van der Waals surface area contributed by atoms with Gasteiger partial charge in [-0.15, -0.1) is 0 Å². The molecule has 1 aliphatic heterocycles. The van der Waals surface area contributed by atoms with Gasteiger partial charge in [-0.2, -0.15) is 0 Å². The van der Waals surface area contributed by atoms with Gasteiger partial charge in [0.25, 0.3) is 5.56 Å². The lowest BCUT2D eigenvalue weighted by Gasteiger charge is -2.33. The van der Waals surface area contributed by atoms with E-state index < -0.39 is 5.82 Å². The van der Waals surface area contributed by atoms with Gasteiger partial charge in [-0.25, -0.2) is 9.37 Å². The summed E-state index contributed by atoms with van der Waals surface area (Å²) < 4.78 is 15.8. The first-order valence-corrected chi connectivity index (χ1v) is 10.7. The van der Waals surface area contributed by atoms with Crippen molar-refractivity contribution >= 4 is 28.6 Å². The lowest BCUT2D eigenvalue weighted by Crippen LogP contribution is -2.43. The summed E-state index contributed by atoms with van der Waals surface area (Å²) in [5, 5.41) is 0.730. The Bertz CT molecular complexity index is 1110. The molecule has 1 unspecified atom stereocenters. The summed E-state index contributed by atoms with van der Waals surface area (Å²) >= 11 is 1.18. The van der Waals surface area contributed by atoms with Crippen LogP contribution in [0.4, 0.5) is 4.39 Å². The van der Waals surface area contributed by atoms with Crippen LogP contribution in [0.3, 0.4) is 0 Å². The molecule has 1 aliphatic rings. The third-order valence-electron chi connectivity index (χ3n) is 5.29. The maximum Gasteiger partial charge on any atom is 0.266 e. The Morgan fingerprint density at radius 2 is 1.93 bits per heavy atom. The van der Waals surface area contributed by atoms with E-state index in [0.717, 1.165) is 25.8 Å². The highest BCUT2D eigenvalue weighted by atomic mass is 32.2. The Balaban J connectivity index is 1.73. The molecule has 4 rings (SSSR count). The first-order valence-electron chi connectivity index (χ1n) is 9.75. The van der Waals surface area contributed by atoms with Crippen molar-refractivity contribution in [1.29, 1.82) is 0 Å². The second-order valence-electron chi connectivity index (χ2n) is 7.22. The molecule has 29 heavy (non-hydrogen) atoms. The SMILES string of the molecule is CC1CCCCN1C(=O)CSc1nc2ccccc2c(=O)n1-c1ccccc1F. The highest BCUT2D eigenvalue weighted by Crippen LogP contribution is 2.24. The summed E-state index contributed by atoms with van der Waals surface area (Å²) in [6.45, 7) is 2.82. The Labute approximate surface area is 172 Å². The maximum absolute atomic E-state index is 14.5. The highest BCUT2D eigenvalue weighted by Gasteiger charge is 2.24. The Hall–Kier alpha value is -2.67. The molecule has 1 atom stereocenters. The molecular weight excluding hydrogens is 389 g/mol. The minimum atomic E-state index is -0.510. The van der Waals surface area contributed by atoms with Gasteiger partial charge in [0.1, 0.15) is 5.82 Å². The van der Waals surface area contributed by atoms with E-state index >= 15 is 0 Å². The van der Waals surface area contributed by atoms with Crippen LogP contribution in [-0.2, 0) is 4.79 Å². The van der Waals surface area contributed by atoms with Crippen LogP contribution in [0.1, 0.15) is 26.2 Å². The standard InChI is InChI=1S/C22H22FN3O2S/c1-15-8-6-7-13-25(15)20(27)14-29-22-24-18-11-4-2-9-16(18)21(28)26(22)19-12-5-3-10-17(19)23/h2-5,9-12,15H,6-8,13-14H2,1H3. The number of para-hydroxylation sites is 2. The van der Waals surface area contributed by atoms with E-state index in [1.54, 1.807) is 42.5 Å². The number of piperidine rings is 1. The minimum absolute atomic E-state index is 0.0182. The zero-order valence-corrected chi connectivity index (χ0v) is 17.0. The fraction of sp³-hybridized carbons (Fsp3) is 0.318. The summed E-state index contributed by atoms with van der Waals surface area (Å²) in [7, 11) is 0. The number of rotatable bonds is 4. The summed E-state index contributed by atoms with van der Waals surface area (Å²) in [5.41, 5.74) is 0.324. The van der Waals surface area contributed by atoms with Crippen LogP contribution in [-0.4, -0.2) is 38.7 Å². The van der Waals surface area contributed by atoms with Gasteiger partial charge in [0.2, 0.25) is 5.91 Å². The van der Waals surface area contributed by atoms with Gasteiger partial charge in [0.15, 0.2) is 5.16 Å². The van der Waals surface area contributed by atoms with Crippen LogP contribution in [0.2, 0.25) is 0 Å². The van der Waals surface area contributed by atoms with E-state index in [9.17, 15) is 14.0 Å². The molecule has 1 fully saturated rings. The number of carbonyl (C=O) groups excluding carboxylic acids is 1. The van der Waals surface area contributed by atoms with Gasteiger partial charge in [-0.05, 0) is 50.5 Å².